The van der Waals surface area contributed by atoms with Gasteiger partial charge in [0.1, 0.15) is 5.82 Å². The number of benzene rings is 1. The lowest BCUT2D eigenvalue weighted by Crippen LogP contribution is -2.14. The second-order valence-corrected chi connectivity index (χ2v) is 4.47. The minimum Gasteiger partial charge on any atom is -0.460 e. The van der Waals surface area contributed by atoms with Gasteiger partial charge in [0.2, 0.25) is 5.78 Å². The van der Waals surface area contributed by atoms with Crippen LogP contribution in [-0.4, -0.2) is 5.78 Å². The molecule has 2 rings (SSSR count). The highest BCUT2D eigenvalue weighted by Crippen LogP contribution is 2.34. The Morgan fingerprint density at radius 3 is 2.42 bits per heavy atom. The number of carbonyl (C=O) groups is 1. The van der Waals surface area contributed by atoms with Gasteiger partial charge < -0.3 is 4.42 Å². The van der Waals surface area contributed by atoms with Crippen LogP contribution in [0.25, 0.3) is 0 Å². The Labute approximate surface area is 113 Å². The number of hydrogen-bond acceptors (Lipinski definition) is 2. The average molecular weight is 337 g/mol. The van der Waals surface area contributed by atoms with Crippen molar-refractivity contribution in [2.45, 2.75) is 6.18 Å². The molecule has 1 heterocycles. The molecule has 0 saturated heterocycles. The molecule has 0 radical (unpaired) electrons. The fourth-order valence-electron chi connectivity index (χ4n) is 1.53. The molecular formula is C12H5BrF4O2. The normalized spacial score (nSPS) is 11.6. The molecule has 0 aliphatic heterocycles. The quantitative estimate of drug-likeness (QED) is 0.599. The average Bonchev–Trinajstić information content (AvgIpc) is 2.72. The van der Waals surface area contributed by atoms with E-state index in [2.05, 4.69) is 15.9 Å². The molecule has 2 nitrogen and oxygen atoms in total. The fraction of sp³-hybridized carbons (Fsp3) is 0.0833. The van der Waals surface area contributed by atoms with Gasteiger partial charge in [-0.15, -0.1) is 0 Å². The highest BCUT2D eigenvalue weighted by Gasteiger charge is 2.36. The summed E-state index contributed by atoms with van der Waals surface area (Å²) in [4.78, 5) is 12.0. The molecule has 7 heteroatoms. The molecule has 2 aromatic rings. The van der Waals surface area contributed by atoms with Crippen LogP contribution >= 0.6 is 15.9 Å². The maximum Gasteiger partial charge on any atom is 0.417 e. The molecule has 1 aromatic heterocycles. The Bertz CT molecular complexity index is 631. The molecule has 0 unspecified atom stereocenters. The lowest BCUT2D eigenvalue weighted by atomic mass is 10.0. The lowest BCUT2D eigenvalue weighted by Gasteiger charge is -2.11. The van der Waals surface area contributed by atoms with E-state index in [1.807, 2.05) is 0 Å². The topological polar surface area (TPSA) is 30.2 Å². The van der Waals surface area contributed by atoms with Crippen LogP contribution in [0.4, 0.5) is 17.6 Å². The maximum atomic E-state index is 13.1. The van der Waals surface area contributed by atoms with E-state index in [-0.39, 0.29) is 10.2 Å². The van der Waals surface area contributed by atoms with Crippen molar-refractivity contribution in [1.29, 1.82) is 0 Å². The maximum absolute atomic E-state index is 13.1. The number of ketones is 1. The smallest absolute Gasteiger partial charge is 0.417 e. The zero-order chi connectivity index (χ0) is 14.2. The molecule has 1 aromatic carbocycles. The summed E-state index contributed by atoms with van der Waals surface area (Å²) >= 11 is 2.97. The molecular weight excluding hydrogens is 332 g/mol. The number of carbonyl (C=O) groups excluding carboxylic acids is 1. The molecule has 0 aliphatic rings. The summed E-state index contributed by atoms with van der Waals surface area (Å²) in [6.45, 7) is 0. The number of rotatable bonds is 2. The van der Waals surface area contributed by atoms with Crippen molar-refractivity contribution >= 4 is 21.7 Å². The Kier molecular flexibility index (Phi) is 3.49. The van der Waals surface area contributed by atoms with Crippen LogP contribution in [0.15, 0.2) is 39.4 Å². The van der Waals surface area contributed by atoms with Gasteiger partial charge >= 0.3 is 6.18 Å². The van der Waals surface area contributed by atoms with E-state index in [4.69, 9.17) is 4.42 Å². The summed E-state index contributed by atoms with van der Waals surface area (Å²) in [5.74, 6) is -2.28. The first-order chi connectivity index (χ1) is 8.80. The van der Waals surface area contributed by atoms with E-state index in [9.17, 15) is 22.4 Å². The second-order valence-electron chi connectivity index (χ2n) is 3.61. The van der Waals surface area contributed by atoms with E-state index in [0.717, 1.165) is 6.26 Å². The van der Waals surface area contributed by atoms with Crippen molar-refractivity contribution in [3.63, 3.8) is 0 Å². The Balaban J connectivity index is 2.59. The summed E-state index contributed by atoms with van der Waals surface area (Å²) in [5.41, 5.74) is -2.00. The standard InChI is InChI=1S/C12H5BrF4O2/c13-9-3-4-19-11(9)10(18)7-5-6(14)1-2-8(7)12(15,16)17/h1-5H. The van der Waals surface area contributed by atoms with Gasteiger partial charge in [-0.3, -0.25) is 4.79 Å². The van der Waals surface area contributed by atoms with Crippen molar-refractivity contribution in [3.8, 4) is 0 Å². The summed E-state index contributed by atoms with van der Waals surface area (Å²) in [7, 11) is 0. The van der Waals surface area contributed by atoms with Crippen molar-refractivity contribution in [2.24, 2.45) is 0 Å². The first kappa shape index (κ1) is 13.8. The summed E-state index contributed by atoms with van der Waals surface area (Å²) in [5, 5.41) is 0. The SMILES string of the molecule is O=C(c1cc(F)ccc1C(F)(F)F)c1occc1Br. The summed E-state index contributed by atoms with van der Waals surface area (Å²) in [6, 6.07) is 3.08. The third-order valence-corrected chi connectivity index (χ3v) is 2.98. The van der Waals surface area contributed by atoms with Crippen LogP contribution in [0.1, 0.15) is 21.7 Å². The number of furan rings is 1. The van der Waals surface area contributed by atoms with Crippen LogP contribution in [0.2, 0.25) is 0 Å². The highest BCUT2D eigenvalue weighted by molar-refractivity contribution is 9.10. The van der Waals surface area contributed by atoms with Crippen LogP contribution < -0.4 is 0 Å². The van der Waals surface area contributed by atoms with Gasteiger partial charge in [0.05, 0.1) is 16.3 Å². The van der Waals surface area contributed by atoms with Crippen LogP contribution in [0, 0.1) is 5.82 Å². The zero-order valence-electron chi connectivity index (χ0n) is 9.09. The minimum atomic E-state index is -4.75. The van der Waals surface area contributed by atoms with Gasteiger partial charge in [-0.05, 0) is 40.2 Å². The monoisotopic (exact) mass is 336 g/mol. The van der Waals surface area contributed by atoms with Gasteiger partial charge in [-0.1, -0.05) is 0 Å². The first-order valence-corrected chi connectivity index (χ1v) is 5.74. The zero-order valence-corrected chi connectivity index (χ0v) is 10.7. The Morgan fingerprint density at radius 1 is 1.21 bits per heavy atom. The third-order valence-electron chi connectivity index (χ3n) is 2.36. The molecule has 0 atom stereocenters. The molecule has 0 saturated carbocycles. The summed E-state index contributed by atoms with van der Waals surface area (Å²) < 4.78 is 56.4. The molecule has 0 N–H and O–H groups in total. The van der Waals surface area contributed by atoms with Crippen molar-refractivity contribution in [2.75, 3.05) is 0 Å². The van der Waals surface area contributed by atoms with E-state index in [0.29, 0.717) is 18.2 Å². The number of halogens is 5. The molecule has 0 amide bonds. The molecule has 100 valence electrons. The van der Waals surface area contributed by atoms with Crippen molar-refractivity contribution in [1.82, 2.24) is 0 Å². The van der Waals surface area contributed by atoms with E-state index in [1.54, 1.807) is 0 Å². The number of alkyl halides is 3. The third kappa shape index (κ3) is 2.70. The molecule has 0 fully saturated rings. The predicted octanol–water partition coefficient (Wildman–Crippen LogP) is 4.43. The summed E-state index contributed by atoms with van der Waals surface area (Å²) in [6.07, 6.45) is -3.61. The highest BCUT2D eigenvalue weighted by atomic mass is 79.9. The van der Waals surface area contributed by atoms with Gasteiger partial charge in [0, 0.05) is 5.56 Å². The number of hydrogen-bond donors (Lipinski definition) is 0. The Hall–Kier alpha value is -1.63. The predicted molar refractivity (Wildman–Crippen MR) is 61.2 cm³/mol. The minimum absolute atomic E-state index is 0.204. The molecule has 0 spiro atoms. The van der Waals surface area contributed by atoms with E-state index in [1.165, 1.54) is 6.07 Å². The van der Waals surface area contributed by atoms with Gasteiger partial charge in [-0.2, -0.15) is 13.2 Å². The van der Waals surface area contributed by atoms with Crippen LogP contribution in [-0.2, 0) is 6.18 Å². The van der Waals surface area contributed by atoms with Crippen molar-refractivity contribution in [3.05, 3.63) is 57.7 Å². The van der Waals surface area contributed by atoms with Crippen LogP contribution in [0.5, 0.6) is 0 Å². The molecule has 0 aliphatic carbocycles. The van der Waals surface area contributed by atoms with Gasteiger partial charge in [0.25, 0.3) is 0 Å². The molecule has 19 heavy (non-hydrogen) atoms. The lowest BCUT2D eigenvalue weighted by molar-refractivity contribution is -0.137. The second kappa shape index (κ2) is 4.80. The fourth-order valence-corrected chi connectivity index (χ4v) is 1.91. The Morgan fingerprint density at radius 2 is 1.89 bits per heavy atom. The first-order valence-electron chi connectivity index (χ1n) is 4.95. The van der Waals surface area contributed by atoms with Gasteiger partial charge in [0.15, 0.2) is 5.76 Å². The van der Waals surface area contributed by atoms with Gasteiger partial charge in [-0.25, -0.2) is 4.39 Å². The van der Waals surface area contributed by atoms with Crippen molar-refractivity contribution < 1.29 is 26.8 Å². The largest absolute Gasteiger partial charge is 0.460 e. The van der Waals surface area contributed by atoms with Crippen LogP contribution in [0.3, 0.4) is 0 Å². The molecule has 0 bridgehead atoms. The van der Waals surface area contributed by atoms with E-state index >= 15 is 0 Å². The van der Waals surface area contributed by atoms with E-state index < -0.39 is 28.9 Å².